The third-order valence-electron chi connectivity index (χ3n) is 8.51. The summed E-state index contributed by atoms with van der Waals surface area (Å²) in [7, 11) is 0. The lowest BCUT2D eigenvalue weighted by atomic mass is 9.63. The van der Waals surface area contributed by atoms with E-state index in [1.54, 1.807) is 0 Å². The second-order valence-corrected chi connectivity index (χ2v) is 13.4. The van der Waals surface area contributed by atoms with Crippen molar-refractivity contribution in [1.82, 2.24) is 8.75 Å². The SMILES string of the molecule is CC(C)(C)C(C)(C)c1ccc(-c2ccc(C(C)(C)C(C)(C)c3ccccc3)s2)c2nsnc12. The number of benzene rings is 2. The molecule has 0 fully saturated rings. The van der Waals surface area contributed by atoms with Gasteiger partial charge in [-0.15, -0.1) is 11.3 Å². The number of hydrogen-bond donors (Lipinski definition) is 0. The van der Waals surface area contributed by atoms with Gasteiger partial charge in [-0.25, -0.2) is 0 Å². The molecule has 174 valence electrons. The summed E-state index contributed by atoms with van der Waals surface area (Å²) in [5, 5.41) is 0. The molecule has 0 N–H and O–H groups in total. The fourth-order valence-corrected chi connectivity index (χ4v) is 6.18. The Morgan fingerprint density at radius 2 is 1.24 bits per heavy atom. The zero-order chi connectivity index (χ0) is 24.2. The molecule has 0 unspecified atom stereocenters. The van der Waals surface area contributed by atoms with Gasteiger partial charge < -0.3 is 0 Å². The number of thiophene rings is 1. The maximum atomic E-state index is 4.76. The van der Waals surface area contributed by atoms with Crippen LogP contribution in [0.4, 0.5) is 0 Å². The predicted molar refractivity (Wildman–Crippen MR) is 146 cm³/mol. The molecule has 2 heterocycles. The first kappa shape index (κ1) is 24.1. The zero-order valence-corrected chi connectivity index (χ0v) is 23.0. The smallest absolute Gasteiger partial charge is 0.113 e. The Bertz CT molecular complexity index is 1270. The first-order chi connectivity index (χ1) is 15.3. The van der Waals surface area contributed by atoms with Crippen LogP contribution in [0.5, 0.6) is 0 Å². The lowest BCUT2D eigenvalue weighted by Crippen LogP contribution is -2.39. The van der Waals surface area contributed by atoms with Gasteiger partial charge >= 0.3 is 0 Å². The summed E-state index contributed by atoms with van der Waals surface area (Å²) in [5.74, 6) is 0. The molecule has 0 radical (unpaired) electrons. The van der Waals surface area contributed by atoms with E-state index in [2.05, 4.69) is 117 Å². The highest BCUT2D eigenvalue weighted by Crippen LogP contribution is 2.49. The monoisotopic (exact) mass is 476 g/mol. The van der Waals surface area contributed by atoms with Crippen molar-refractivity contribution in [2.45, 2.75) is 78.6 Å². The molecule has 33 heavy (non-hydrogen) atoms. The second kappa shape index (κ2) is 8.02. The minimum absolute atomic E-state index is 0.00548. The van der Waals surface area contributed by atoms with Gasteiger partial charge in [0.1, 0.15) is 11.0 Å². The Kier molecular flexibility index (Phi) is 5.86. The normalized spacial score (nSPS) is 13.6. The molecule has 0 spiro atoms. The topological polar surface area (TPSA) is 25.8 Å². The van der Waals surface area contributed by atoms with E-state index >= 15 is 0 Å². The molecule has 0 aliphatic rings. The maximum Gasteiger partial charge on any atom is 0.113 e. The highest BCUT2D eigenvalue weighted by Gasteiger charge is 2.41. The molecule has 2 nitrogen and oxygen atoms in total. The first-order valence-corrected chi connectivity index (χ1v) is 13.2. The van der Waals surface area contributed by atoms with Gasteiger partial charge in [-0.2, -0.15) is 8.75 Å². The van der Waals surface area contributed by atoms with Gasteiger partial charge in [-0.05, 0) is 39.5 Å². The Balaban J connectivity index is 1.78. The van der Waals surface area contributed by atoms with Crippen LogP contribution in [0.1, 0.15) is 78.3 Å². The van der Waals surface area contributed by atoms with Crippen LogP contribution in [0.2, 0.25) is 0 Å². The fourth-order valence-electron chi connectivity index (χ4n) is 4.32. The Morgan fingerprint density at radius 3 is 1.88 bits per heavy atom. The molecule has 4 heteroatoms. The van der Waals surface area contributed by atoms with E-state index in [0.29, 0.717) is 0 Å². The second-order valence-electron chi connectivity index (χ2n) is 11.8. The van der Waals surface area contributed by atoms with Crippen LogP contribution in [0.3, 0.4) is 0 Å². The number of nitrogens with zero attached hydrogens (tertiary/aromatic N) is 2. The highest BCUT2D eigenvalue weighted by molar-refractivity contribution is 7.15. The third kappa shape index (κ3) is 3.85. The maximum absolute atomic E-state index is 4.76. The average molecular weight is 477 g/mol. The Morgan fingerprint density at radius 1 is 0.606 bits per heavy atom. The first-order valence-electron chi connectivity index (χ1n) is 11.7. The van der Waals surface area contributed by atoms with Gasteiger partial charge in [-0.3, -0.25) is 0 Å². The largest absolute Gasteiger partial charge is 0.173 e. The molecule has 0 bridgehead atoms. The molecule has 4 aromatic rings. The minimum Gasteiger partial charge on any atom is -0.173 e. The molecule has 2 aromatic heterocycles. The van der Waals surface area contributed by atoms with Gasteiger partial charge in [0.25, 0.3) is 0 Å². The molecule has 0 amide bonds. The van der Waals surface area contributed by atoms with Crippen molar-refractivity contribution in [2.24, 2.45) is 5.41 Å². The van der Waals surface area contributed by atoms with Gasteiger partial charge in [0.05, 0.1) is 11.7 Å². The molecule has 0 saturated carbocycles. The summed E-state index contributed by atoms with van der Waals surface area (Å²) in [6.07, 6.45) is 0. The number of fused-ring (bicyclic) bond motifs is 1. The number of rotatable bonds is 5. The van der Waals surface area contributed by atoms with E-state index in [0.717, 1.165) is 11.0 Å². The van der Waals surface area contributed by atoms with Crippen LogP contribution in [-0.2, 0) is 16.2 Å². The third-order valence-corrected chi connectivity index (χ3v) is 10.5. The quantitative estimate of drug-likeness (QED) is 0.287. The van der Waals surface area contributed by atoms with Crippen molar-refractivity contribution in [3.05, 3.63) is 70.6 Å². The molecule has 4 rings (SSSR count). The summed E-state index contributed by atoms with van der Waals surface area (Å²) >= 11 is 3.21. The van der Waals surface area contributed by atoms with Gasteiger partial charge in [0.2, 0.25) is 0 Å². The van der Waals surface area contributed by atoms with Crippen LogP contribution in [-0.4, -0.2) is 8.75 Å². The van der Waals surface area contributed by atoms with E-state index in [1.165, 1.54) is 38.2 Å². The van der Waals surface area contributed by atoms with Crippen LogP contribution in [0, 0.1) is 5.41 Å². The Hall–Kier alpha value is -2.04. The van der Waals surface area contributed by atoms with Gasteiger partial charge in [0.15, 0.2) is 0 Å². The van der Waals surface area contributed by atoms with Crippen molar-refractivity contribution in [3.8, 4) is 10.4 Å². The van der Waals surface area contributed by atoms with Crippen molar-refractivity contribution in [1.29, 1.82) is 0 Å². The van der Waals surface area contributed by atoms with E-state index in [1.807, 2.05) is 11.3 Å². The van der Waals surface area contributed by atoms with Crippen molar-refractivity contribution in [2.75, 3.05) is 0 Å². The summed E-state index contributed by atoms with van der Waals surface area (Å²) in [6.45, 7) is 21.0. The lowest BCUT2D eigenvalue weighted by Gasteiger charge is -2.41. The summed E-state index contributed by atoms with van der Waals surface area (Å²) in [5.41, 5.74) is 6.00. The van der Waals surface area contributed by atoms with Crippen molar-refractivity contribution < 1.29 is 0 Å². The van der Waals surface area contributed by atoms with Gasteiger partial charge in [0, 0.05) is 20.7 Å². The average Bonchev–Trinajstić information content (AvgIpc) is 3.43. The molecule has 0 aliphatic carbocycles. The van der Waals surface area contributed by atoms with E-state index in [9.17, 15) is 0 Å². The molecular weight excluding hydrogens is 440 g/mol. The summed E-state index contributed by atoms with van der Waals surface area (Å²) < 4.78 is 9.51. The number of hydrogen-bond acceptors (Lipinski definition) is 4. The van der Waals surface area contributed by atoms with Crippen molar-refractivity contribution in [3.63, 3.8) is 0 Å². The van der Waals surface area contributed by atoms with Crippen LogP contribution in [0.25, 0.3) is 21.5 Å². The molecule has 0 aliphatic heterocycles. The molecular formula is C29H36N2S2. The molecule has 0 atom stereocenters. The summed E-state index contributed by atoms with van der Waals surface area (Å²) in [6, 6.07) is 20.0. The van der Waals surface area contributed by atoms with E-state index in [-0.39, 0.29) is 21.7 Å². The molecule has 0 saturated heterocycles. The summed E-state index contributed by atoms with van der Waals surface area (Å²) in [4.78, 5) is 2.65. The molecule has 2 aromatic carbocycles. The standard InChI is InChI=1S/C29H36N2S2/c1-26(2,3)28(6,7)21-16-15-20(24-25(21)31-33-30-24)22-17-18-23(32-22)29(8,9)27(4,5)19-13-11-10-12-14-19/h10-18H,1-9H3. The lowest BCUT2D eigenvalue weighted by molar-refractivity contribution is 0.227. The van der Waals surface area contributed by atoms with Crippen LogP contribution < -0.4 is 0 Å². The highest BCUT2D eigenvalue weighted by atomic mass is 32.1. The number of aromatic nitrogens is 2. The van der Waals surface area contributed by atoms with Crippen LogP contribution in [0.15, 0.2) is 54.6 Å². The van der Waals surface area contributed by atoms with E-state index < -0.39 is 0 Å². The van der Waals surface area contributed by atoms with E-state index in [4.69, 9.17) is 8.75 Å². The Labute approximate surface area is 207 Å². The van der Waals surface area contributed by atoms with Crippen molar-refractivity contribution >= 4 is 34.1 Å². The van der Waals surface area contributed by atoms with Gasteiger partial charge in [-0.1, -0.05) is 105 Å². The van der Waals surface area contributed by atoms with Crippen LogP contribution >= 0.6 is 23.1 Å². The minimum atomic E-state index is -0.0229. The zero-order valence-electron chi connectivity index (χ0n) is 21.4. The fraction of sp³-hybridized carbons (Fsp3) is 0.448. The predicted octanol–water partition coefficient (Wildman–Crippen LogP) is 9.00.